The van der Waals surface area contributed by atoms with E-state index in [9.17, 15) is 29.7 Å². The topological polar surface area (TPSA) is 151 Å². The van der Waals surface area contributed by atoms with Gasteiger partial charge >= 0.3 is 13.7 Å². The molecular weight excluding hydrogens is 291 g/mol. The molecule has 0 amide bonds. The molecule has 0 saturated carbocycles. The molecule has 0 aliphatic carbocycles. The van der Waals surface area contributed by atoms with Gasteiger partial charge in [0, 0.05) is 6.07 Å². The van der Waals surface area contributed by atoms with Gasteiger partial charge in [0.05, 0.1) is 21.6 Å². The van der Waals surface area contributed by atoms with Crippen molar-refractivity contribution in [2.24, 2.45) is 5.10 Å². The molecule has 1 aromatic carbocycles. The first kappa shape index (κ1) is 15.6. The zero-order valence-corrected chi connectivity index (χ0v) is 11.1. The molecule has 0 fully saturated rings. The van der Waals surface area contributed by atoms with Crippen molar-refractivity contribution in [3.8, 4) is 0 Å². The Hall–Kier alpha value is -2.45. The first-order chi connectivity index (χ1) is 9.31. The highest BCUT2D eigenvalue weighted by Gasteiger charge is 2.19. The zero-order valence-electron chi connectivity index (χ0n) is 10.2. The maximum absolute atomic E-state index is 10.8. The molecule has 11 heteroatoms. The lowest BCUT2D eigenvalue weighted by Gasteiger charge is -2.02. The average Bonchev–Trinajstić information content (AvgIpc) is 2.35. The Kier molecular flexibility index (Phi) is 5.18. The molecule has 0 bridgehead atoms. The summed E-state index contributed by atoms with van der Waals surface area (Å²) >= 11 is 0. The molecule has 1 atom stereocenters. The van der Waals surface area contributed by atoms with Gasteiger partial charge in [0.15, 0.2) is 6.16 Å². The number of hydrazone groups is 1. The van der Waals surface area contributed by atoms with Crippen molar-refractivity contribution >= 4 is 30.8 Å². The smallest absolute Gasteiger partial charge is 0.314 e. The van der Waals surface area contributed by atoms with Crippen molar-refractivity contribution in [1.82, 2.24) is 0 Å². The molecule has 1 aromatic rings. The van der Waals surface area contributed by atoms with Gasteiger partial charge in [-0.05, 0) is 13.0 Å². The molecule has 10 nitrogen and oxygen atoms in total. The Morgan fingerprint density at radius 1 is 1.35 bits per heavy atom. The zero-order chi connectivity index (χ0) is 15.3. The van der Waals surface area contributed by atoms with E-state index < -0.39 is 29.2 Å². The Balaban J connectivity index is 3.03. The van der Waals surface area contributed by atoms with Crippen molar-refractivity contribution < 1.29 is 19.3 Å². The third kappa shape index (κ3) is 4.34. The molecular formula is C9H9N4O6P. The van der Waals surface area contributed by atoms with Crippen LogP contribution in [0.2, 0.25) is 0 Å². The molecule has 1 rings (SSSR count). The SMILES string of the molecule is C/C(C[P+](=O)[O-])=N\Nc1ccc([N+](=O)[O-])cc1[N+](=O)[O-]. The van der Waals surface area contributed by atoms with Crippen LogP contribution in [0.4, 0.5) is 17.1 Å². The van der Waals surface area contributed by atoms with Crippen LogP contribution in [0.5, 0.6) is 0 Å². The van der Waals surface area contributed by atoms with Gasteiger partial charge in [-0.1, -0.05) is 4.57 Å². The number of nitro groups is 2. The first-order valence-electron chi connectivity index (χ1n) is 5.15. The fourth-order valence-electron chi connectivity index (χ4n) is 1.26. The molecule has 106 valence electrons. The second-order valence-electron chi connectivity index (χ2n) is 3.67. The van der Waals surface area contributed by atoms with Crippen LogP contribution in [0.3, 0.4) is 0 Å². The Bertz CT molecular complexity index is 602. The predicted octanol–water partition coefficient (Wildman–Crippen LogP) is 1.39. The first-order valence-corrected chi connectivity index (χ1v) is 6.51. The molecule has 0 radical (unpaired) electrons. The Morgan fingerprint density at radius 2 is 2.00 bits per heavy atom. The number of hydrogen-bond acceptors (Lipinski definition) is 8. The van der Waals surface area contributed by atoms with Crippen molar-refractivity contribution in [1.29, 1.82) is 0 Å². The summed E-state index contributed by atoms with van der Waals surface area (Å²) < 4.78 is 10.5. The van der Waals surface area contributed by atoms with E-state index in [4.69, 9.17) is 0 Å². The summed E-state index contributed by atoms with van der Waals surface area (Å²) in [6, 6.07) is 3.00. The van der Waals surface area contributed by atoms with E-state index in [1.807, 2.05) is 0 Å². The van der Waals surface area contributed by atoms with E-state index >= 15 is 0 Å². The fraction of sp³-hybridized carbons (Fsp3) is 0.222. The van der Waals surface area contributed by atoms with Crippen molar-refractivity contribution in [3.63, 3.8) is 0 Å². The van der Waals surface area contributed by atoms with Crippen molar-refractivity contribution in [2.45, 2.75) is 6.92 Å². The fourth-order valence-corrected chi connectivity index (χ4v) is 1.70. The molecule has 0 saturated heterocycles. The van der Waals surface area contributed by atoms with Gasteiger partial charge in [-0.25, -0.2) is 0 Å². The quantitative estimate of drug-likeness (QED) is 0.360. The van der Waals surface area contributed by atoms with Crippen LogP contribution in [0, 0.1) is 20.2 Å². The van der Waals surface area contributed by atoms with Gasteiger partial charge in [-0.2, -0.15) is 5.10 Å². The summed E-state index contributed by atoms with van der Waals surface area (Å²) in [5.74, 6) is 0. The van der Waals surface area contributed by atoms with E-state index in [0.29, 0.717) is 0 Å². The molecule has 0 aliphatic rings. The molecule has 1 unspecified atom stereocenters. The molecule has 0 aliphatic heterocycles. The number of non-ortho nitro benzene ring substituents is 1. The summed E-state index contributed by atoms with van der Waals surface area (Å²) in [6.07, 6.45) is -0.289. The number of nitro benzene ring substituents is 2. The number of anilines is 1. The average molecular weight is 300 g/mol. The normalized spacial score (nSPS) is 11.9. The number of rotatable bonds is 6. The van der Waals surface area contributed by atoms with Crippen LogP contribution in [0.15, 0.2) is 23.3 Å². The summed E-state index contributed by atoms with van der Waals surface area (Å²) in [5.41, 5.74) is 1.51. The maximum atomic E-state index is 10.8. The summed E-state index contributed by atoms with van der Waals surface area (Å²) in [5, 5.41) is 25.0. The highest BCUT2D eigenvalue weighted by atomic mass is 31.1. The second kappa shape index (κ2) is 6.64. The largest absolute Gasteiger partial charge is 0.595 e. The third-order valence-electron chi connectivity index (χ3n) is 2.11. The summed E-state index contributed by atoms with van der Waals surface area (Å²) in [7, 11) is -2.65. The summed E-state index contributed by atoms with van der Waals surface area (Å²) in [6.45, 7) is 1.43. The van der Waals surface area contributed by atoms with Gasteiger partial charge in [0.1, 0.15) is 5.69 Å². The van der Waals surface area contributed by atoms with Gasteiger partial charge in [-0.15, -0.1) is 0 Å². The van der Waals surface area contributed by atoms with Gasteiger partial charge in [0.2, 0.25) is 0 Å². The number of benzene rings is 1. The Morgan fingerprint density at radius 3 is 2.50 bits per heavy atom. The van der Waals surface area contributed by atoms with Crippen LogP contribution in [-0.4, -0.2) is 21.7 Å². The van der Waals surface area contributed by atoms with Crippen molar-refractivity contribution in [2.75, 3.05) is 11.6 Å². The van der Waals surface area contributed by atoms with E-state index in [2.05, 4.69) is 10.5 Å². The minimum Gasteiger partial charge on any atom is -0.595 e. The van der Waals surface area contributed by atoms with Crippen LogP contribution in [0.25, 0.3) is 0 Å². The minimum absolute atomic E-state index is 0.0684. The monoisotopic (exact) mass is 300 g/mol. The van der Waals surface area contributed by atoms with Gasteiger partial charge < -0.3 is 4.89 Å². The summed E-state index contributed by atoms with van der Waals surface area (Å²) in [4.78, 5) is 30.3. The highest BCUT2D eigenvalue weighted by Crippen LogP contribution is 2.28. The van der Waals surface area contributed by atoms with E-state index in [0.717, 1.165) is 18.2 Å². The lowest BCUT2D eigenvalue weighted by Crippen LogP contribution is -2.05. The molecule has 0 heterocycles. The van der Waals surface area contributed by atoms with Crippen LogP contribution < -0.4 is 10.3 Å². The van der Waals surface area contributed by atoms with E-state index in [-0.39, 0.29) is 17.6 Å². The van der Waals surface area contributed by atoms with Gasteiger partial charge in [0.25, 0.3) is 5.69 Å². The van der Waals surface area contributed by atoms with E-state index in [1.54, 1.807) is 0 Å². The van der Waals surface area contributed by atoms with Crippen molar-refractivity contribution in [3.05, 3.63) is 38.4 Å². The lowest BCUT2D eigenvalue weighted by molar-refractivity contribution is -0.393. The van der Waals surface area contributed by atoms with Crippen LogP contribution in [-0.2, 0) is 4.57 Å². The number of nitrogens with zero attached hydrogens (tertiary/aromatic N) is 3. The highest BCUT2D eigenvalue weighted by molar-refractivity contribution is 7.37. The third-order valence-corrected chi connectivity index (χ3v) is 2.83. The van der Waals surface area contributed by atoms with Crippen LogP contribution in [0.1, 0.15) is 6.92 Å². The molecule has 1 N–H and O–H groups in total. The number of hydrogen-bond donors (Lipinski definition) is 1. The molecule has 20 heavy (non-hydrogen) atoms. The molecule has 0 spiro atoms. The second-order valence-corrected chi connectivity index (χ2v) is 4.65. The van der Waals surface area contributed by atoms with Gasteiger partial charge in [-0.3, -0.25) is 25.7 Å². The molecule has 0 aromatic heterocycles. The van der Waals surface area contributed by atoms with E-state index in [1.165, 1.54) is 6.92 Å². The minimum atomic E-state index is -2.65. The number of nitrogens with one attached hydrogen (secondary N) is 1. The standard InChI is InChI=1S/C9H9N4O6P/c1-6(5-20(18)19)10-11-8-3-2-7(12(14)15)4-9(8)13(16)17/h2-4,11H,5H2,1H3/b10-6+. The maximum Gasteiger partial charge on any atom is 0.314 e. The Labute approximate surface area is 113 Å². The lowest BCUT2D eigenvalue weighted by atomic mass is 10.2. The van der Waals surface area contributed by atoms with Crippen LogP contribution >= 0.6 is 8.03 Å². The predicted molar refractivity (Wildman–Crippen MR) is 69.0 cm³/mol.